The van der Waals surface area contributed by atoms with Crippen LogP contribution in [0.25, 0.3) is 0 Å². The zero-order valence-electron chi connectivity index (χ0n) is 11.4. The predicted octanol–water partition coefficient (Wildman–Crippen LogP) is 0.323. The summed E-state index contributed by atoms with van der Waals surface area (Å²) in [7, 11) is -7.04. The number of aliphatic carboxylic acids is 1. The zero-order valence-corrected chi connectivity index (χ0v) is 13.1. The molecule has 1 atom stereocenters. The van der Waals surface area contributed by atoms with Crippen LogP contribution in [-0.4, -0.2) is 51.6 Å². The minimum absolute atomic E-state index is 0.525. The van der Waals surface area contributed by atoms with E-state index >= 15 is 0 Å². The number of hydrogen-bond donors (Lipinski definition) is 1. The largest absolute Gasteiger partial charge is 0.480 e. The molecule has 1 unspecified atom stereocenters. The molecule has 0 saturated carbocycles. The van der Waals surface area contributed by atoms with Crippen LogP contribution >= 0.6 is 0 Å². The van der Waals surface area contributed by atoms with E-state index in [1.165, 1.54) is 0 Å². The Balaban J connectivity index is 3.35. The second-order valence-electron chi connectivity index (χ2n) is 4.40. The molecule has 0 aliphatic heterocycles. The van der Waals surface area contributed by atoms with Gasteiger partial charge >= 0.3 is 5.97 Å². The highest BCUT2D eigenvalue weighted by Crippen LogP contribution is 2.22. The first kappa shape index (κ1) is 17.5. The Morgan fingerprint density at radius 2 is 1.81 bits per heavy atom. The third-order valence-corrected chi connectivity index (χ3v) is 5.94. The minimum Gasteiger partial charge on any atom is -0.480 e. The van der Waals surface area contributed by atoms with Gasteiger partial charge in [0.05, 0.1) is 4.90 Å². The van der Waals surface area contributed by atoms with E-state index in [1.54, 1.807) is 0 Å². The molecule has 0 aliphatic rings. The van der Waals surface area contributed by atoms with Gasteiger partial charge in [-0.05, 0) is 25.1 Å². The summed E-state index contributed by atoms with van der Waals surface area (Å²) >= 11 is 0. The second kappa shape index (κ2) is 5.70. The van der Waals surface area contributed by atoms with E-state index in [0.29, 0.717) is 10.4 Å². The van der Waals surface area contributed by atoms with Crippen LogP contribution in [0.1, 0.15) is 6.92 Å². The van der Waals surface area contributed by atoms with Crippen LogP contribution in [0.15, 0.2) is 28.0 Å². The lowest BCUT2D eigenvalue weighted by Crippen LogP contribution is -2.40. The van der Waals surface area contributed by atoms with Gasteiger partial charge in [0, 0.05) is 13.3 Å². The van der Waals surface area contributed by atoms with Crippen molar-refractivity contribution in [3.05, 3.63) is 24.0 Å². The van der Waals surface area contributed by atoms with Crippen LogP contribution in [0.3, 0.4) is 0 Å². The fourth-order valence-corrected chi connectivity index (χ4v) is 3.53. The number of likely N-dealkylation sites (N-methyl/N-ethyl adjacent to an activating group) is 1. The Kier molecular flexibility index (Phi) is 4.76. The van der Waals surface area contributed by atoms with Crippen LogP contribution in [0, 0.1) is 5.82 Å². The van der Waals surface area contributed by atoms with Crippen molar-refractivity contribution in [1.82, 2.24) is 4.31 Å². The summed E-state index contributed by atoms with van der Waals surface area (Å²) in [6.45, 7) is 1.15. The fraction of sp³-hybridized carbons (Fsp3) is 0.364. The first-order valence-electron chi connectivity index (χ1n) is 5.59. The van der Waals surface area contributed by atoms with Gasteiger partial charge < -0.3 is 5.11 Å². The van der Waals surface area contributed by atoms with Gasteiger partial charge in [-0.15, -0.1) is 0 Å². The quantitative estimate of drug-likeness (QED) is 0.828. The lowest BCUT2D eigenvalue weighted by Gasteiger charge is -2.21. The molecule has 1 rings (SSSR count). The van der Waals surface area contributed by atoms with Crippen molar-refractivity contribution in [3.63, 3.8) is 0 Å². The SMILES string of the molecule is CC(C(=O)O)N(C)S(=O)(=O)c1ccc(S(C)(=O)=O)c(F)c1. The van der Waals surface area contributed by atoms with E-state index in [0.717, 1.165) is 32.4 Å². The summed E-state index contributed by atoms with van der Waals surface area (Å²) in [6.07, 6.45) is 0.790. The number of hydrogen-bond acceptors (Lipinski definition) is 5. The maximum Gasteiger partial charge on any atom is 0.321 e. The highest BCUT2D eigenvalue weighted by atomic mass is 32.2. The van der Waals surface area contributed by atoms with E-state index in [2.05, 4.69) is 0 Å². The van der Waals surface area contributed by atoms with Crippen molar-refractivity contribution in [3.8, 4) is 0 Å². The molecular formula is C11H14FNO6S2. The average molecular weight is 339 g/mol. The van der Waals surface area contributed by atoms with Crippen molar-refractivity contribution in [2.75, 3.05) is 13.3 Å². The van der Waals surface area contributed by atoms with Crippen LogP contribution in [0.2, 0.25) is 0 Å². The summed E-state index contributed by atoms with van der Waals surface area (Å²) in [4.78, 5) is 9.66. The van der Waals surface area contributed by atoms with E-state index in [1.807, 2.05) is 0 Å². The summed E-state index contributed by atoms with van der Waals surface area (Å²) in [5.74, 6) is -2.58. The Bertz CT molecular complexity index is 772. The van der Waals surface area contributed by atoms with E-state index in [-0.39, 0.29) is 0 Å². The summed E-state index contributed by atoms with van der Waals surface area (Å²) in [5, 5.41) is 8.81. The van der Waals surface area contributed by atoms with Gasteiger partial charge in [-0.1, -0.05) is 0 Å². The van der Waals surface area contributed by atoms with Crippen molar-refractivity contribution in [2.45, 2.75) is 22.8 Å². The lowest BCUT2D eigenvalue weighted by molar-refractivity contribution is -0.140. The number of benzene rings is 1. The molecular weight excluding hydrogens is 325 g/mol. The number of nitrogens with zero attached hydrogens (tertiary/aromatic N) is 1. The van der Waals surface area contributed by atoms with Crippen molar-refractivity contribution in [2.24, 2.45) is 0 Å². The zero-order chi connectivity index (χ0) is 16.6. The standard InChI is InChI=1S/C11H14FNO6S2/c1-7(11(14)15)13(2)21(18,19)8-4-5-10(9(12)6-8)20(3,16)17/h4-7H,1-3H3,(H,14,15). The third kappa shape index (κ3) is 3.57. The number of halogens is 1. The van der Waals surface area contributed by atoms with Gasteiger partial charge in [0.15, 0.2) is 9.84 Å². The molecule has 0 aliphatic carbocycles. The molecule has 7 nitrogen and oxygen atoms in total. The Morgan fingerprint density at radius 1 is 1.29 bits per heavy atom. The fourth-order valence-electron chi connectivity index (χ4n) is 1.47. The van der Waals surface area contributed by atoms with Gasteiger partial charge in [-0.25, -0.2) is 21.2 Å². The Morgan fingerprint density at radius 3 is 2.19 bits per heavy atom. The monoisotopic (exact) mass is 339 g/mol. The maximum absolute atomic E-state index is 13.7. The molecule has 0 radical (unpaired) electrons. The van der Waals surface area contributed by atoms with Gasteiger partial charge in [0.2, 0.25) is 10.0 Å². The molecule has 1 aromatic rings. The van der Waals surface area contributed by atoms with Crippen LogP contribution < -0.4 is 0 Å². The molecule has 118 valence electrons. The van der Waals surface area contributed by atoms with Gasteiger partial charge in [0.1, 0.15) is 16.8 Å². The van der Waals surface area contributed by atoms with E-state index in [4.69, 9.17) is 5.11 Å². The predicted molar refractivity (Wildman–Crippen MR) is 71.6 cm³/mol. The molecule has 0 amide bonds. The van der Waals surface area contributed by atoms with E-state index in [9.17, 15) is 26.0 Å². The molecule has 21 heavy (non-hydrogen) atoms. The second-order valence-corrected chi connectivity index (χ2v) is 8.38. The average Bonchev–Trinajstić information content (AvgIpc) is 2.34. The Hall–Kier alpha value is -1.52. The highest BCUT2D eigenvalue weighted by Gasteiger charge is 2.30. The van der Waals surface area contributed by atoms with E-state index < -0.39 is 47.5 Å². The Labute approximate surface area is 122 Å². The first-order valence-corrected chi connectivity index (χ1v) is 8.92. The number of carboxylic acids is 1. The number of sulfonamides is 1. The van der Waals surface area contributed by atoms with Crippen LogP contribution in [-0.2, 0) is 24.7 Å². The minimum atomic E-state index is -4.25. The van der Waals surface area contributed by atoms with Crippen molar-refractivity contribution in [1.29, 1.82) is 0 Å². The third-order valence-electron chi connectivity index (χ3n) is 2.88. The molecule has 0 aromatic heterocycles. The number of rotatable bonds is 5. The number of carboxylic acid groups (broad SMARTS) is 1. The molecule has 0 spiro atoms. The summed E-state index contributed by atoms with van der Waals surface area (Å²) in [5.41, 5.74) is 0. The maximum atomic E-state index is 13.7. The molecule has 0 bridgehead atoms. The molecule has 0 saturated heterocycles. The summed E-state index contributed by atoms with van der Waals surface area (Å²) in [6, 6.07) is 0.945. The van der Waals surface area contributed by atoms with Crippen LogP contribution in [0.5, 0.6) is 0 Å². The number of carbonyl (C=O) groups is 1. The smallest absolute Gasteiger partial charge is 0.321 e. The molecule has 0 heterocycles. The highest BCUT2D eigenvalue weighted by molar-refractivity contribution is 7.90. The van der Waals surface area contributed by atoms with Gasteiger partial charge in [-0.2, -0.15) is 4.31 Å². The van der Waals surface area contributed by atoms with Gasteiger partial charge in [0.25, 0.3) is 0 Å². The van der Waals surface area contributed by atoms with Crippen molar-refractivity contribution >= 4 is 25.8 Å². The molecule has 10 heteroatoms. The molecule has 0 fully saturated rings. The topological polar surface area (TPSA) is 109 Å². The van der Waals surface area contributed by atoms with Gasteiger partial charge in [-0.3, -0.25) is 4.79 Å². The molecule has 1 aromatic carbocycles. The molecule has 1 N–H and O–H groups in total. The lowest BCUT2D eigenvalue weighted by atomic mass is 10.3. The van der Waals surface area contributed by atoms with Crippen LogP contribution in [0.4, 0.5) is 4.39 Å². The van der Waals surface area contributed by atoms with Crippen molar-refractivity contribution < 1.29 is 31.1 Å². The normalized spacial score (nSPS) is 14.1. The summed E-state index contributed by atoms with van der Waals surface area (Å²) < 4.78 is 61.1. The number of sulfone groups is 1. The first-order chi connectivity index (χ1) is 9.39.